The van der Waals surface area contributed by atoms with Crippen molar-refractivity contribution in [2.75, 3.05) is 26.2 Å². The highest BCUT2D eigenvalue weighted by Crippen LogP contribution is 2.24. The molecule has 1 atom stereocenters. The second kappa shape index (κ2) is 6.95. The zero-order valence-electron chi connectivity index (χ0n) is 11.7. The van der Waals surface area contributed by atoms with Gasteiger partial charge in [-0.05, 0) is 57.0 Å². The Bertz CT molecular complexity index is 473. The zero-order valence-corrected chi connectivity index (χ0v) is 12.5. The zero-order chi connectivity index (χ0) is 14.5. The number of hydrogen-bond acceptors (Lipinski definition) is 3. The fourth-order valence-corrected chi connectivity index (χ4v) is 2.75. The maximum absolute atomic E-state index is 12.5. The average Bonchev–Trinajstić information content (AvgIpc) is 2.48. The van der Waals surface area contributed by atoms with Gasteiger partial charge in [-0.25, -0.2) is 0 Å². The lowest BCUT2D eigenvalue weighted by Crippen LogP contribution is -2.41. The van der Waals surface area contributed by atoms with Crippen molar-refractivity contribution < 1.29 is 9.90 Å². The molecule has 1 amide bonds. The van der Waals surface area contributed by atoms with E-state index in [-0.39, 0.29) is 16.7 Å². The minimum atomic E-state index is -0.0278. The molecule has 0 aliphatic carbocycles. The van der Waals surface area contributed by atoms with Crippen molar-refractivity contribution in [3.05, 3.63) is 28.8 Å². The normalized spacial score (nSPS) is 18.8. The highest BCUT2D eigenvalue weighted by atomic mass is 35.5. The molecule has 1 aliphatic heterocycles. The summed E-state index contributed by atoms with van der Waals surface area (Å²) in [4.78, 5) is 14.3. The highest BCUT2D eigenvalue weighted by Gasteiger charge is 2.21. The Balaban J connectivity index is 2.05. The Morgan fingerprint density at radius 1 is 1.55 bits per heavy atom. The highest BCUT2D eigenvalue weighted by molar-refractivity contribution is 6.32. The van der Waals surface area contributed by atoms with Crippen molar-refractivity contribution in [1.82, 2.24) is 10.2 Å². The molecule has 1 fully saturated rings. The topological polar surface area (TPSA) is 52.6 Å². The van der Waals surface area contributed by atoms with Crippen LogP contribution in [0.15, 0.2) is 18.2 Å². The van der Waals surface area contributed by atoms with Gasteiger partial charge in [-0.15, -0.1) is 0 Å². The Morgan fingerprint density at radius 3 is 2.95 bits per heavy atom. The molecule has 0 bridgehead atoms. The molecule has 0 radical (unpaired) electrons. The molecule has 20 heavy (non-hydrogen) atoms. The Kier molecular flexibility index (Phi) is 5.26. The number of halogens is 1. The van der Waals surface area contributed by atoms with Gasteiger partial charge < -0.3 is 15.3 Å². The maximum atomic E-state index is 12.5. The van der Waals surface area contributed by atoms with E-state index in [1.807, 2.05) is 11.8 Å². The number of phenolic OH excluding ortho intramolecular Hbond substituents is 1. The fourth-order valence-electron chi connectivity index (χ4n) is 2.57. The van der Waals surface area contributed by atoms with Crippen LogP contribution in [0.2, 0.25) is 5.02 Å². The summed E-state index contributed by atoms with van der Waals surface area (Å²) in [6, 6.07) is 4.61. The van der Waals surface area contributed by atoms with Crippen LogP contribution in [0.1, 0.15) is 30.1 Å². The number of carbonyl (C=O) groups is 1. The van der Waals surface area contributed by atoms with Crippen LogP contribution < -0.4 is 5.32 Å². The van der Waals surface area contributed by atoms with E-state index in [1.54, 1.807) is 6.07 Å². The van der Waals surface area contributed by atoms with Crippen LogP contribution in [0.5, 0.6) is 5.75 Å². The van der Waals surface area contributed by atoms with E-state index in [0.717, 1.165) is 26.1 Å². The van der Waals surface area contributed by atoms with Crippen molar-refractivity contribution in [3.63, 3.8) is 0 Å². The van der Waals surface area contributed by atoms with Gasteiger partial charge in [0.15, 0.2) is 0 Å². The fraction of sp³-hybridized carbons (Fsp3) is 0.533. The summed E-state index contributed by atoms with van der Waals surface area (Å²) in [5.41, 5.74) is 0.526. The summed E-state index contributed by atoms with van der Waals surface area (Å²) >= 11 is 5.87. The first-order valence-electron chi connectivity index (χ1n) is 7.10. The number of rotatable bonds is 4. The predicted octanol–water partition coefficient (Wildman–Crippen LogP) is 2.51. The third-order valence-corrected chi connectivity index (χ3v) is 4.04. The van der Waals surface area contributed by atoms with Gasteiger partial charge in [-0.2, -0.15) is 0 Å². The second-order valence-electron chi connectivity index (χ2n) is 5.22. The molecular formula is C15H21ClN2O2. The van der Waals surface area contributed by atoms with Gasteiger partial charge in [-0.1, -0.05) is 11.6 Å². The van der Waals surface area contributed by atoms with Crippen molar-refractivity contribution in [1.29, 1.82) is 0 Å². The van der Waals surface area contributed by atoms with Crippen LogP contribution in [-0.4, -0.2) is 42.1 Å². The number of phenols is 1. The van der Waals surface area contributed by atoms with Crippen molar-refractivity contribution in [2.24, 2.45) is 5.92 Å². The molecule has 1 aromatic rings. The minimum absolute atomic E-state index is 0.00254. The smallest absolute Gasteiger partial charge is 0.253 e. The van der Waals surface area contributed by atoms with Crippen LogP contribution in [0.3, 0.4) is 0 Å². The number of carbonyl (C=O) groups excluding carboxylic acids is 1. The summed E-state index contributed by atoms with van der Waals surface area (Å²) in [6.45, 7) is 5.47. The number of nitrogens with one attached hydrogen (secondary N) is 1. The third kappa shape index (κ3) is 3.64. The van der Waals surface area contributed by atoms with E-state index < -0.39 is 0 Å². The maximum Gasteiger partial charge on any atom is 0.253 e. The molecular weight excluding hydrogens is 276 g/mol. The minimum Gasteiger partial charge on any atom is -0.506 e. The number of amides is 1. The van der Waals surface area contributed by atoms with Gasteiger partial charge in [0.1, 0.15) is 5.75 Å². The van der Waals surface area contributed by atoms with E-state index >= 15 is 0 Å². The SMILES string of the molecule is CCN(CC1CCCNC1)C(=O)c1ccc(O)c(Cl)c1. The van der Waals surface area contributed by atoms with E-state index in [0.29, 0.717) is 18.0 Å². The lowest BCUT2D eigenvalue weighted by atomic mass is 9.98. The molecule has 0 spiro atoms. The molecule has 2 rings (SSSR count). The molecule has 110 valence electrons. The summed E-state index contributed by atoms with van der Waals surface area (Å²) in [5, 5.41) is 13.0. The number of benzene rings is 1. The number of piperidine rings is 1. The number of aromatic hydroxyl groups is 1. The molecule has 1 heterocycles. The van der Waals surface area contributed by atoms with Crippen LogP contribution in [-0.2, 0) is 0 Å². The van der Waals surface area contributed by atoms with E-state index in [2.05, 4.69) is 5.32 Å². The summed E-state index contributed by atoms with van der Waals surface area (Å²) < 4.78 is 0. The standard InChI is InChI=1S/C15H21ClN2O2/c1-2-18(10-11-4-3-7-17-9-11)15(20)12-5-6-14(19)13(16)8-12/h5-6,8,11,17,19H,2-4,7,9-10H2,1H3. The largest absolute Gasteiger partial charge is 0.506 e. The molecule has 4 nitrogen and oxygen atoms in total. The molecule has 1 aliphatic rings. The summed E-state index contributed by atoms with van der Waals surface area (Å²) in [6.07, 6.45) is 2.33. The van der Waals surface area contributed by atoms with E-state index in [1.165, 1.54) is 18.6 Å². The lowest BCUT2D eigenvalue weighted by molar-refractivity contribution is 0.0729. The summed E-state index contributed by atoms with van der Waals surface area (Å²) in [7, 11) is 0. The van der Waals surface area contributed by atoms with E-state index in [9.17, 15) is 9.90 Å². The van der Waals surface area contributed by atoms with Gasteiger partial charge in [0.05, 0.1) is 5.02 Å². The molecule has 1 unspecified atom stereocenters. The molecule has 1 saturated heterocycles. The Morgan fingerprint density at radius 2 is 2.35 bits per heavy atom. The first kappa shape index (κ1) is 15.1. The monoisotopic (exact) mass is 296 g/mol. The number of hydrogen-bond donors (Lipinski definition) is 2. The van der Waals surface area contributed by atoms with Crippen molar-refractivity contribution >= 4 is 17.5 Å². The average molecular weight is 297 g/mol. The van der Waals surface area contributed by atoms with Crippen LogP contribution in [0, 0.1) is 5.92 Å². The van der Waals surface area contributed by atoms with Crippen LogP contribution in [0.25, 0.3) is 0 Å². The molecule has 5 heteroatoms. The Labute approximate surface area is 124 Å². The van der Waals surface area contributed by atoms with Gasteiger partial charge in [0.2, 0.25) is 0 Å². The van der Waals surface area contributed by atoms with Gasteiger partial charge in [-0.3, -0.25) is 4.79 Å². The van der Waals surface area contributed by atoms with Gasteiger partial charge >= 0.3 is 0 Å². The molecule has 2 N–H and O–H groups in total. The summed E-state index contributed by atoms with van der Waals surface area (Å²) in [5.74, 6) is 0.489. The van der Waals surface area contributed by atoms with Crippen LogP contribution in [0.4, 0.5) is 0 Å². The van der Waals surface area contributed by atoms with Gasteiger partial charge in [0, 0.05) is 18.7 Å². The predicted molar refractivity (Wildman–Crippen MR) is 80.3 cm³/mol. The quantitative estimate of drug-likeness (QED) is 0.897. The van der Waals surface area contributed by atoms with Crippen LogP contribution >= 0.6 is 11.6 Å². The van der Waals surface area contributed by atoms with Gasteiger partial charge in [0.25, 0.3) is 5.91 Å². The first-order chi connectivity index (χ1) is 9.61. The molecule has 0 saturated carbocycles. The number of nitrogens with zero attached hydrogens (tertiary/aromatic N) is 1. The third-order valence-electron chi connectivity index (χ3n) is 3.74. The lowest BCUT2D eigenvalue weighted by Gasteiger charge is -2.29. The Hall–Kier alpha value is -1.26. The van der Waals surface area contributed by atoms with Crippen molar-refractivity contribution in [2.45, 2.75) is 19.8 Å². The molecule has 1 aromatic carbocycles. The van der Waals surface area contributed by atoms with E-state index in [4.69, 9.17) is 11.6 Å². The molecule has 0 aromatic heterocycles. The van der Waals surface area contributed by atoms with Crippen molar-refractivity contribution in [3.8, 4) is 5.75 Å². The first-order valence-corrected chi connectivity index (χ1v) is 7.48. The second-order valence-corrected chi connectivity index (χ2v) is 5.63.